The number of aryl methyl sites for hydroxylation is 1. The Bertz CT molecular complexity index is 1010. The highest BCUT2D eigenvalue weighted by atomic mass is 32.2. The first kappa shape index (κ1) is 18.8. The van der Waals surface area contributed by atoms with Gasteiger partial charge in [0.15, 0.2) is 11.5 Å². The lowest BCUT2D eigenvalue weighted by molar-refractivity contribution is 0.0299. The minimum atomic E-state index is -3.67. The zero-order chi connectivity index (χ0) is 19.9. The molecule has 28 heavy (non-hydrogen) atoms. The fourth-order valence-electron chi connectivity index (χ4n) is 3.34. The Morgan fingerprint density at radius 2 is 1.86 bits per heavy atom. The third-order valence-corrected chi connectivity index (χ3v) is 6.91. The largest absolute Gasteiger partial charge is 0.454 e. The fraction of sp³-hybridized carbons (Fsp3) is 0.421. The normalized spacial score (nSPS) is 17.6. The molecule has 150 valence electrons. The third-order valence-electron chi connectivity index (χ3n) is 4.91. The van der Waals surface area contributed by atoms with Crippen molar-refractivity contribution >= 4 is 16.0 Å². The molecule has 0 bridgehead atoms. The summed E-state index contributed by atoms with van der Waals surface area (Å²) in [7, 11) is -3.67. The van der Waals surface area contributed by atoms with E-state index in [0.717, 1.165) is 18.4 Å². The van der Waals surface area contributed by atoms with E-state index in [1.54, 1.807) is 25.1 Å². The number of carbonyl (C=O) groups is 1. The molecule has 0 aliphatic carbocycles. The van der Waals surface area contributed by atoms with E-state index in [1.165, 1.54) is 17.3 Å². The molecule has 1 unspecified atom stereocenters. The fourth-order valence-corrected chi connectivity index (χ4v) is 5.02. The van der Waals surface area contributed by atoms with Gasteiger partial charge < -0.3 is 18.6 Å². The molecule has 0 amide bonds. The van der Waals surface area contributed by atoms with E-state index in [0.29, 0.717) is 24.6 Å². The number of furan rings is 1. The number of nitrogens with zero attached hydrogens (tertiary/aromatic N) is 1. The predicted molar refractivity (Wildman–Crippen MR) is 97.8 cm³/mol. The van der Waals surface area contributed by atoms with Crippen LogP contribution in [0.15, 0.2) is 33.6 Å². The average molecular weight is 407 g/mol. The standard InChI is InChI=1S/C19H21NO7S/c1-12(14-5-6-15-16(9-14)25-11-24-15)27-19(21)17-10-18(13(2)26-17)28(22,23)20-7-3-4-8-20/h5-6,9-10,12H,3-4,7-8,11H2,1-2H3. The summed E-state index contributed by atoms with van der Waals surface area (Å²) in [5, 5.41) is 0. The molecule has 8 nitrogen and oxygen atoms in total. The quantitative estimate of drug-likeness (QED) is 0.703. The van der Waals surface area contributed by atoms with E-state index >= 15 is 0 Å². The van der Waals surface area contributed by atoms with Gasteiger partial charge in [0.2, 0.25) is 22.6 Å². The zero-order valence-corrected chi connectivity index (χ0v) is 16.5. The topological polar surface area (TPSA) is 95.3 Å². The van der Waals surface area contributed by atoms with Crippen molar-refractivity contribution in [2.75, 3.05) is 19.9 Å². The van der Waals surface area contributed by atoms with E-state index in [-0.39, 0.29) is 23.2 Å². The second-order valence-electron chi connectivity index (χ2n) is 6.80. The molecule has 9 heteroatoms. The summed E-state index contributed by atoms with van der Waals surface area (Å²) in [5.74, 6) is 0.544. The maximum Gasteiger partial charge on any atom is 0.374 e. The van der Waals surface area contributed by atoms with Gasteiger partial charge in [0.05, 0.1) is 0 Å². The van der Waals surface area contributed by atoms with Crippen LogP contribution in [-0.4, -0.2) is 38.6 Å². The third kappa shape index (κ3) is 3.35. The first-order valence-electron chi connectivity index (χ1n) is 9.07. The molecule has 1 aromatic carbocycles. The van der Waals surface area contributed by atoms with Gasteiger partial charge >= 0.3 is 5.97 Å². The van der Waals surface area contributed by atoms with E-state index in [9.17, 15) is 13.2 Å². The molecule has 0 N–H and O–H groups in total. The van der Waals surface area contributed by atoms with Crippen molar-refractivity contribution in [1.29, 1.82) is 0 Å². The first-order chi connectivity index (χ1) is 13.4. The van der Waals surface area contributed by atoms with Gasteiger partial charge in [-0.3, -0.25) is 0 Å². The predicted octanol–water partition coefficient (Wildman–Crippen LogP) is 3.02. The highest BCUT2D eigenvalue weighted by Crippen LogP contribution is 2.35. The van der Waals surface area contributed by atoms with Gasteiger partial charge in [0, 0.05) is 19.2 Å². The molecule has 1 fully saturated rings. The van der Waals surface area contributed by atoms with Crippen LogP contribution >= 0.6 is 0 Å². The van der Waals surface area contributed by atoms with Crippen molar-refractivity contribution in [3.05, 3.63) is 41.3 Å². The molecular formula is C19H21NO7S. The minimum Gasteiger partial charge on any atom is -0.454 e. The van der Waals surface area contributed by atoms with Crippen LogP contribution in [-0.2, 0) is 14.8 Å². The Morgan fingerprint density at radius 1 is 1.14 bits per heavy atom. The minimum absolute atomic E-state index is 0.0112. The molecule has 1 atom stereocenters. The van der Waals surface area contributed by atoms with E-state index in [4.69, 9.17) is 18.6 Å². The van der Waals surface area contributed by atoms with Crippen LogP contribution in [0.25, 0.3) is 0 Å². The number of ether oxygens (including phenoxy) is 3. The van der Waals surface area contributed by atoms with Gasteiger partial charge in [-0.05, 0) is 44.4 Å². The van der Waals surface area contributed by atoms with E-state index in [1.807, 2.05) is 0 Å². The van der Waals surface area contributed by atoms with Crippen molar-refractivity contribution < 1.29 is 31.8 Å². The van der Waals surface area contributed by atoms with Crippen LogP contribution in [0.1, 0.15) is 47.7 Å². The van der Waals surface area contributed by atoms with Gasteiger partial charge in [-0.2, -0.15) is 4.31 Å². The number of fused-ring (bicyclic) bond motifs is 1. The molecule has 1 aromatic heterocycles. The van der Waals surface area contributed by atoms with Crippen LogP contribution in [0.4, 0.5) is 0 Å². The summed E-state index contributed by atoms with van der Waals surface area (Å²) in [6.07, 6.45) is 1.09. The Hall–Kier alpha value is -2.52. The van der Waals surface area contributed by atoms with Gasteiger partial charge in [0.1, 0.15) is 16.8 Å². The second-order valence-corrected chi connectivity index (χ2v) is 8.71. The molecule has 2 aliphatic rings. The lowest BCUT2D eigenvalue weighted by atomic mass is 10.1. The summed E-state index contributed by atoms with van der Waals surface area (Å²) in [4.78, 5) is 12.5. The number of esters is 1. The molecular weight excluding hydrogens is 386 g/mol. The van der Waals surface area contributed by atoms with E-state index < -0.39 is 22.1 Å². The highest BCUT2D eigenvalue weighted by Gasteiger charge is 2.32. The highest BCUT2D eigenvalue weighted by molar-refractivity contribution is 7.89. The molecule has 2 aliphatic heterocycles. The monoisotopic (exact) mass is 407 g/mol. The average Bonchev–Trinajstić information content (AvgIpc) is 3.41. The first-order valence-corrected chi connectivity index (χ1v) is 10.5. The number of rotatable bonds is 5. The number of sulfonamides is 1. The summed E-state index contributed by atoms with van der Waals surface area (Å²) >= 11 is 0. The Kier molecular flexibility index (Phi) is 4.80. The summed E-state index contributed by atoms with van der Waals surface area (Å²) in [6.45, 7) is 4.36. The lowest BCUT2D eigenvalue weighted by Crippen LogP contribution is -2.28. The smallest absolute Gasteiger partial charge is 0.374 e. The maximum atomic E-state index is 12.7. The van der Waals surface area contributed by atoms with Gasteiger partial charge in [0.25, 0.3) is 0 Å². The molecule has 1 saturated heterocycles. The lowest BCUT2D eigenvalue weighted by Gasteiger charge is -2.14. The van der Waals surface area contributed by atoms with Crippen LogP contribution < -0.4 is 9.47 Å². The second kappa shape index (κ2) is 7.14. The molecule has 2 aromatic rings. The van der Waals surface area contributed by atoms with Crippen LogP contribution in [0.5, 0.6) is 11.5 Å². The van der Waals surface area contributed by atoms with Crippen molar-refractivity contribution in [3.63, 3.8) is 0 Å². The molecule has 4 rings (SSSR count). The Labute approximate surface area is 163 Å². The van der Waals surface area contributed by atoms with Crippen molar-refractivity contribution in [1.82, 2.24) is 4.31 Å². The SMILES string of the molecule is Cc1oc(C(=O)OC(C)c2ccc3c(c2)OCO3)cc1S(=O)(=O)N1CCCC1. The van der Waals surface area contributed by atoms with E-state index in [2.05, 4.69) is 0 Å². The van der Waals surface area contributed by atoms with Crippen LogP contribution in [0.2, 0.25) is 0 Å². The zero-order valence-electron chi connectivity index (χ0n) is 15.6. The van der Waals surface area contributed by atoms with Crippen LogP contribution in [0.3, 0.4) is 0 Å². The molecule has 0 radical (unpaired) electrons. The summed E-state index contributed by atoms with van der Waals surface area (Å²) < 4.78 is 48.3. The number of carbonyl (C=O) groups excluding carboxylic acids is 1. The van der Waals surface area contributed by atoms with Crippen molar-refractivity contribution in [3.8, 4) is 11.5 Å². The van der Waals surface area contributed by atoms with Crippen molar-refractivity contribution in [2.45, 2.75) is 37.7 Å². The number of benzene rings is 1. The number of hydrogen-bond acceptors (Lipinski definition) is 7. The van der Waals surface area contributed by atoms with Crippen LogP contribution in [0, 0.1) is 6.92 Å². The van der Waals surface area contributed by atoms with Gasteiger partial charge in [-0.1, -0.05) is 6.07 Å². The summed E-state index contributed by atoms with van der Waals surface area (Å²) in [6, 6.07) is 6.52. The number of hydrogen-bond donors (Lipinski definition) is 0. The molecule has 0 spiro atoms. The Balaban J connectivity index is 1.51. The van der Waals surface area contributed by atoms with Gasteiger partial charge in [-0.25, -0.2) is 13.2 Å². The maximum absolute atomic E-state index is 12.7. The van der Waals surface area contributed by atoms with Gasteiger partial charge in [-0.15, -0.1) is 0 Å². The molecule has 0 saturated carbocycles. The molecule has 3 heterocycles. The van der Waals surface area contributed by atoms with Crippen molar-refractivity contribution in [2.24, 2.45) is 0 Å². The Morgan fingerprint density at radius 3 is 2.61 bits per heavy atom. The summed E-state index contributed by atoms with van der Waals surface area (Å²) in [5.41, 5.74) is 0.728.